The van der Waals surface area contributed by atoms with Crippen molar-refractivity contribution in [1.82, 2.24) is 10.2 Å². The number of rotatable bonds is 2. The standard InChI is InChI=1S/C9H10ClN3O3/c10-8-6(9(14)15)5-7(11-12-8)13-1-3-16-4-2-13/h5H,1-4H2,(H,14,15). The van der Waals surface area contributed by atoms with Crippen molar-refractivity contribution in [1.29, 1.82) is 0 Å². The number of anilines is 1. The Labute approximate surface area is 96.8 Å². The fraction of sp³-hybridized carbons (Fsp3) is 0.444. The maximum absolute atomic E-state index is 10.9. The number of hydrogen-bond acceptors (Lipinski definition) is 5. The minimum atomic E-state index is -1.10. The van der Waals surface area contributed by atoms with Gasteiger partial charge in [0.15, 0.2) is 11.0 Å². The lowest BCUT2D eigenvalue weighted by atomic mass is 10.3. The van der Waals surface area contributed by atoms with Gasteiger partial charge in [0.05, 0.1) is 13.2 Å². The normalized spacial score (nSPS) is 16.2. The van der Waals surface area contributed by atoms with Crippen LogP contribution in [0.5, 0.6) is 0 Å². The van der Waals surface area contributed by atoms with E-state index in [0.29, 0.717) is 32.1 Å². The van der Waals surface area contributed by atoms with Crippen molar-refractivity contribution in [3.05, 3.63) is 16.8 Å². The van der Waals surface area contributed by atoms with E-state index >= 15 is 0 Å². The monoisotopic (exact) mass is 243 g/mol. The molecular formula is C9H10ClN3O3. The summed E-state index contributed by atoms with van der Waals surface area (Å²) in [5.41, 5.74) is -0.0295. The van der Waals surface area contributed by atoms with E-state index in [1.807, 2.05) is 4.90 Å². The van der Waals surface area contributed by atoms with Crippen molar-refractivity contribution in [2.24, 2.45) is 0 Å². The molecule has 6 nitrogen and oxygen atoms in total. The van der Waals surface area contributed by atoms with Crippen molar-refractivity contribution in [2.75, 3.05) is 31.2 Å². The summed E-state index contributed by atoms with van der Waals surface area (Å²) in [7, 11) is 0. The molecule has 0 saturated carbocycles. The number of morpholine rings is 1. The first-order valence-corrected chi connectivity index (χ1v) is 5.15. The van der Waals surface area contributed by atoms with E-state index in [0.717, 1.165) is 0 Å². The van der Waals surface area contributed by atoms with Crippen molar-refractivity contribution >= 4 is 23.4 Å². The summed E-state index contributed by atoms with van der Waals surface area (Å²) in [6.45, 7) is 2.56. The second kappa shape index (κ2) is 4.63. The highest BCUT2D eigenvalue weighted by Crippen LogP contribution is 2.18. The van der Waals surface area contributed by atoms with Crippen molar-refractivity contribution in [2.45, 2.75) is 0 Å². The Morgan fingerprint density at radius 1 is 1.44 bits per heavy atom. The molecule has 0 atom stereocenters. The predicted molar refractivity (Wildman–Crippen MR) is 57.0 cm³/mol. The van der Waals surface area contributed by atoms with Crippen LogP contribution in [0.4, 0.5) is 5.82 Å². The number of carboxylic acids is 1. The van der Waals surface area contributed by atoms with Gasteiger partial charge < -0.3 is 14.7 Å². The number of hydrogen-bond donors (Lipinski definition) is 1. The first-order chi connectivity index (χ1) is 7.68. The molecular weight excluding hydrogens is 234 g/mol. The third kappa shape index (κ3) is 2.23. The predicted octanol–water partition coefficient (Wildman–Crippen LogP) is 0.665. The highest BCUT2D eigenvalue weighted by atomic mass is 35.5. The van der Waals surface area contributed by atoms with Crippen LogP contribution in [0.25, 0.3) is 0 Å². The number of halogens is 1. The minimum Gasteiger partial charge on any atom is -0.478 e. The molecule has 1 aromatic rings. The van der Waals surface area contributed by atoms with E-state index in [2.05, 4.69) is 10.2 Å². The molecule has 1 fully saturated rings. The molecule has 1 N–H and O–H groups in total. The van der Waals surface area contributed by atoms with Crippen LogP contribution < -0.4 is 4.90 Å². The van der Waals surface area contributed by atoms with E-state index in [1.165, 1.54) is 6.07 Å². The Balaban J connectivity index is 2.27. The molecule has 0 radical (unpaired) electrons. The molecule has 1 aromatic heterocycles. The second-order valence-electron chi connectivity index (χ2n) is 3.31. The summed E-state index contributed by atoms with van der Waals surface area (Å²) in [5, 5.41) is 16.3. The number of aromatic nitrogens is 2. The zero-order chi connectivity index (χ0) is 11.5. The molecule has 1 saturated heterocycles. The maximum Gasteiger partial charge on any atom is 0.339 e. The summed E-state index contributed by atoms with van der Waals surface area (Å²) in [4.78, 5) is 12.8. The maximum atomic E-state index is 10.9. The van der Waals surface area contributed by atoms with Gasteiger partial charge in [0, 0.05) is 19.2 Å². The Morgan fingerprint density at radius 2 is 2.12 bits per heavy atom. The average Bonchev–Trinajstić information content (AvgIpc) is 2.30. The lowest BCUT2D eigenvalue weighted by Gasteiger charge is -2.27. The molecule has 0 aliphatic carbocycles. The van der Waals surface area contributed by atoms with Crippen LogP contribution in [-0.2, 0) is 4.74 Å². The molecule has 1 aliphatic rings. The van der Waals surface area contributed by atoms with E-state index in [9.17, 15) is 4.79 Å². The Kier molecular flexibility index (Phi) is 3.21. The number of nitrogens with zero attached hydrogens (tertiary/aromatic N) is 3. The Hall–Kier alpha value is -1.40. The molecule has 0 bridgehead atoms. The van der Waals surface area contributed by atoms with Crippen LogP contribution in [0.3, 0.4) is 0 Å². The van der Waals surface area contributed by atoms with Gasteiger partial charge in [0.25, 0.3) is 0 Å². The second-order valence-corrected chi connectivity index (χ2v) is 3.67. The number of aromatic carboxylic acids is 1. The summed E-state index contributed by atoms with van der Waals surface area (Å²) < 4.78 is 5.19. The summed E-state index contributed by atoms with van der Waals surface area (Å²) in [5.74, 6) is -0.584. The van der Waals surface area contributed by atoms with Gasteiger partial charge in [-0.3, -0.25) is 0 Å². The molecule has 0 spiro atoms. The van der Waals surface area contributed by atoms with E-state index < -0.39 is 5.97 Å². The van der Waals surface area contributed by atoms with Gasteiger partial charge in [-0.1, -0.05) is 11.6 Å². The van der Waals surface area contributed by atoms with Gasteiger partial charge in [-0.05, 0) is 0 Å². The molecule has 0 unspecified atom stereocenters. The first kappa shape index (κ1) is 11.1. The molecule has 2 rings (SSSR count). The molecule has 86 valence electrons. The summed E-state index contributed by atoms with van der Waals surface area (Å²) >= 11 is 5.63. The van der Waals surface area contributed by atoms with E-state index in [1.54, 1.807) is 0 Å². The third-order valence-corrected chi connectivity index (χ3v) is 2.58. The topological polar surface area (TPSA) is 75.5 Å². The zero-order valence-corrected chi connectivity index (χ0v) is 9.15. The van der Waals surface area contributed by atoms with E-state index in [-0.39, 0.29) is 10.7 Å². The van der Waals surface area contributed by atoms with Crippen LogP contribution >= 0.6 is 11.6 Å². The lowest BCUT2D eigenvalue weighted by Crippen LogP contribution is -2.37. The van der Waals surface area contributed by atoms with Crippen LogP contribution in [0, 0.1) is 0 Å². The number of ether oxygens (including phenoxy) is 1. The van der Waals surface area contributed by atoms with Crippen molar-refractivity contribution in [3.8, 4) is 0 Å². The largest absolute Gasteiger partial charge is 0.478 e. The van der Waals surface area contributed by atoms with Crippen LogP contribution in [-0.4, -0.2) is 47.6 Å². The summed E-state index contributed by atoms with van der Waals surface area (Å²) in [6.07, 6.45) is 0. The Bertz CT molecular complexity index is 407. The molecule has 0 amide bonds. The van der Waals surface area contributed by atoms with Gasteiger partial charge in [0.2, 0.25) is 0 Å². The third-order valence-electron chi connectivity index (χ3n) is 2.30. The Morgan fingerprint density at radius 3 is 2.75 bits per heavy atom. The lowest BCUT2D eigenvalue weighted by molar-refractivity contribution is 0.0696. The van der Waals surface area contributed by atoms with Crippen molar-refractivity contribution < 1.29 is 14.6 Å². The SMILES string of the molecule is O=C(O)c1cc(N2CCOCC2)nnc1Cl. The summed E-state index contributed by atoms with van der Waals surface area (Å²) in [6, 6.07) is 1.43. The van der Waals surface area contributed by atoms with Gasteiger partial charge in [0.1, 0.15) is 5.56 Å². The molecule has 0 aromatic carbocycles. The van der Waals surface area contributed by atoms with Gasteiger partial charge >= 0.3 is 5.97 Å². The number of carboxylic acid groups (broad SMARTS) is 1. The van der Waals surface area contributed by atoms with Crippen LogP contribution in [0.1, 0.15) is 10.4 Å². The average molecular weight is 244 g/mol. The highest BCUT2D eigenvalue weighted by molar-refractivity contribution is 6.32. The van der Waals surface area contributed by atoms with Crippen molar-refractivity contribution in [3.63, 3.8) is 0 Å². The first-order valence-electron chi connectivity index (χ1n) is 4.77. The smallest absolute Gasteiger partial charge is 0.339 e. The minimum absolute atomic E-state index is 0.0295. The molecule has 2 heterocycles. The fourth-order valence-corrected chi connectivity index (χ4v) is 1.64. The molecule has 1 aliphatic heterocycles. The molecule has 16 heavy (non-hydrogen) atoms. The van der Waals surface area contributed by atoms with Gasteiger partial charge in [-0.2, -0.15) is 0 Å². The van der Waals surface area contributed by atoms with Crippen LogP contribution in [0.2, 0.25) is 5.15 Å². The van der Waals surface area contributed by atoms with Gasteiger partial charge in [-0.15, -0.1) is 10.2 Å². The van der Waals surface area contributed by atoms with Crippen LogP contribution in [0.15, 0.2) is 6.07 Å². The highest BCUT2D eigenvalue weighted by Gasteiger charge is 2.17. The fourth-order valence-electron chi connectivity index (χ4n) is 1.46. The van der Waals surface area contributed by atoms with Gasteiger partial charge in [-0.25, -0.2) is 4.79 Å². The zero-order valence-electron chi connectivity index (χ0n) is 8.39. The molecule has 7 heteroatoms. The quantitative estimate of drug-likeness (QED) is 0.823. The van der Waals surface area contributed by atoms with E-state index in [4.69, 9.17) is 21.4 Å². The number of carbonyl (C=O) groups is 1.